The van der Waals surface area contributed by atoms with Crippen LogP contribution < -0.4 is 10.6 Å². The van der Waals surface area contributed by atoms with Crippen LogP contribution in [0.15, 0.2) is 40.8 Å². The fraction of sp³-hybridized carbons (Fsp3) is 0.267. The zero-order valence-corrected chi connectivity index (χ0v) is 13.3. The predicted molar refractivity (Wildman–Crippen MR) is 87.3 cm³/mol. The molecule has 2 N–H and O–H groups in total. The molecule has 4 nitrogen and oxygen atoms in total. The third-order valence-corrected chi connectivity index (χ3v) is 3.14. The lowest BCUT2D eigenvalue weighted by Crippen LogP contribution is -2.31. The molecule has 6 heteroatoms. The molecule has 21 heavy (non-hydrogen) atoms. The van der Waals surface area contributed by atoms with Crippen molar-refractivity contribution in [1.29, 1.82) is 0 Å². The van der Waals surface area contributed by atoms with Gasteiger partial charge in [0.25, 0.3) is 5.91 Å². The SMILES string of the molecule is CCNCCNC(=O)c1ccc(-c2ccccc2Cl)o1.Cl. The molecule has 0 aliphatic heterocycles. The lowest BCUT2D eigenvalue weighted by Gasteiger charge is -2.03. The van der Waals surface area contributed by atoms with Crippen LogP contribution in [0.25, 0.3) is 11.3 Å². The van der Waals surface area contributed by atoms with E-state index < -0.39 is 0 Å². The summed E-state index contributed by atoms with van der Waals surface area (Å²) in [7, 11) is 0. The highest BCUT2D eigenvalue weighted by atomic mass is 35.5. The van der Waals surface area contributed by atoms with Crippen molar-refractivity contribution in [3.63, 3.8) is 0 Å². The summed E-state index contributed by atoms with van der Waals surface area (Å²) in [6, 6.07) is 10.8. The van der Waals surface area contributed by atoms with Crippen LogP contribution in [0.5, 0.6) is 0 Å². The molecule has 0 saturated heterocycles. The maximum atomic E-state index is 11.9. The fourth-order valence-corrected chi connectivity index (χ4v) is 2.02. The summed E-state index contributed by atoms with van der Waals surface area (Å²) < 4.78 is 5.55. The minimum absolute atomic E-state index is 0. The van der Waals surface area contributed by atoms with Gasteiger partial charge < -0.3 is 15.1 Å². The Balaban J connectivity index is 0.00000220. The van der Waals surface area contributed by atoms with E-state index in [4.69, 9.17) is 16.0 Å². The summed E-state index contributed by atoms with van der Waals surface area (Å²) in [5.74, 6) is 0.657. The normalized spacial score (nSPS) is 10.0. The van der Waals surface area contributed by atoms with Crippen molar-refractivity contribution in [2.75, 3.05) is 19.6 Å². The number of carbonyl (C=O) groups is 1. The molecule has 0 bridgehead atoms. The van der Waals surface area contributed by atoms with Crippen molar-refractivity contribution in [2.45, 2.75) is 6.92 Å². The highest BCUT2D eigenvalue weighted by Crippen LogP contribution is 2.28. The molecule has 1 aromatic carbocycles. The number of furan rings is 1. The summed E-state index contributed by atoms with van der Waals surface area (Å²) in [4.78, 5) is 11.9. The zero-order valence-electron chi connectivity index (χ0n) is 11.7. The van der Waals surface area contributed by atoms with Crippen molar-refractivity contribution in [3.8, 4) is 11.3 Å². The first-order valence-electron chi connectivity index (χ1n) is 6.56. The minimum atomic E-state index is -0.221. The van der Waals surface area contributed by atoms with Crippen LogP contribution in [0.4, 0.5) is 0 Å². The number of benzene rings is 1. The third kappa shape index (κ3) is 4.77. The average molecular weight is 329 g/mol. The van der Waals surface area contributed by atoms with Crippen LogP contribution in [0.2, 0.25) is 5.02 Å². The van der Waals surface area contributed by atoms with Crippen molar-refractivity contribution in [1.82, 2.24) is 10.6 Å². The molecular formula is C15H18Cl2N2O2. The Hall–Kier alpha value is -1.49. The molecule has 0 aliphatic carbocycles. The number of nitrogens with one attached hydrogen (secondary N) is 2. The molecule has 2 aromatic rings. The van der Waals surface area contributed by atoms with E-state index in [1.807, 2.05) is 25.1 Å². The van der Waals surface area contributed by atoms with Crippen molar-refractivity contribution < 1.29 is 9.21 Å². The second kappa shape index (κ2) is 8.72. The highest BCUT2D eigenvalue weighted by Gasteiger charge is 2.13. The van der Waals surface area contributed by atoms with Crippen LogP contribution in [-0.4, -0.2) is 25.5 Å². The van der Waals surface area contributed by atoms with E-state index in [1.165, 1.54) is 0 Å². The summed E-state index contributed by atoms with van der Waals surface area (Å²) in [6.45, 7) is 4.20. The molecule has 0 fully saturated rings. The topological polar surface area (TPSA) is 54.3 Å². The highest BCUT2D eigenvalue weighted by molar-refractivity contribution is 6.33. The fourth-order valence-electron chi connectivity index (χ4n) is 1.79. The molecule has 0 unspecified atom stereocenters. The number of likely N-dealkylation sites (N-methyl/N-ethyl adjacent to an activating group) is 1. The maximum Gasteiger partial charge on any atom is 0.287 e. The molecule has 0 radical (unpaired) electrons. The number of hydrogen-bond donors (Lipinski definition) is 2. The Morgan fingerprint density at radius 3 is 2.67 bits per heavy atom. The standard InChI is InChI=1S/C15H17ClN2O2.ClH/c1-2-17-9-10-18-15(19)14-8-7-13(20-14)11-5-3-4-6-12(11)16;/h3-8,17H,2,9-10H2,1H3,(H,18,19);1H. The summed E-state index contributed by atoms with van der Waals surface area (Å²) in [5.41, 5.74) is 0.779. The number of carbonyl (C=O) groups excluding carboxylic acids is 1. The molecule has 1 amide bonds. The predicted octanol–water partition coefficient (Wildman–Crippen LogP) is 3.36. The molecular weight excluding hydrogens is 311 g/mol. The van der Waals surface area contributed by atoms with Crippen LogP contribution in [-0.2, 0) is 0 Å². The molecule has 0 aliphatic rings. The van der Waals surface area contributed by atoms with E-state index in [0.29, 0.717) is 17.3 Å². The first-order valence-corrected chi connectivity index (χ1v) is 6.94. The van der Waals surface area contributed by atoms with Gasteiger partial charge in [0.1, 0.15) is 5.76 Å². The van der Waals surface area contributed by atoms with Gasteiger partial charge in [0.05, 0.1) is 5.02 Å². The lowest BCUT2D eigenvalue weighted by molar-refractivity contribution is 0.0927. The third-order valence-electron chi connectivity index (χ3n) is 2.81. The Kier molecular flexibility index (Phi) is 7.29. The van der Waals surface area contributed by atoms with Gasteiger partial charge in [0, 0.05) is 18.7 Å². The van der Waals surface area contributed by atoms with Crippen molar-refractivity contribution in [3.05, 3.63) is 47.2 Å². The molecule has 1 heterocycles. The van der Waals surface area contributed by atoms with Gasteiger partial charge in [-0.1, -0.05) is 30.7 Å². The Morgan fingerprint density at radius 2 is 1.95 bits per heavy atom. The summed E-state index contributed by atoms with van der Waals surface area (Å²) >= 11 is 6.10. The van der Waals surface area contributed by atoms with E-state index in [0.717, 1.165) is 18.7 Å². The quantitative estimate of drug-likeness (QED) is 0.799. The molecule has 2 rings (SSSR count). The average Bonchev–Trinajstić information content (AvgIpc) is 2.93. The largest absolute Gasteiger partial charge is 0.451 e. The van der Waals surface area contributed by atoms with Crippen LogP contribution in [0.1, 0.15) is 17.5 Å². The van der Waals surface area contributed by atoms with Crippen LogP contribution >= 0.6 is 24.0 Å². The van der Waals surface area contributed by atoms with Gasteiger partial charge in [-0.25, -0.2) is 0 Å². The smallest absolute Gasteiger partial charge is 0.287 e. The second-order valence-electron chi connectivity index (χ2n) is 4.25. The first kappa shape index (κ1) is 17.6. The van der Waals surface area contributed by atoms with Gasteiger partial charge in [-0.3, -0.25) is 4.79 Å². The van der Waals surface area contributed by atoms with E-state index in [1.54, 1.807) is 18.2 Å². The zero-order chi connectivity index (χ0) is 14.4. The van der Waals surface area contributed by atoms with Gasteiger partial charge in [0.2, 0.25) is 0 Å². The number of hydrogen-bond acceptors (Lipinski definition) is 3. The van der Waals surface area contributed by atoms with Gasteiger partial charge >= 0.3 is 0 Å². The van der Waals surface area contributed by atoms with E-state index >= 15 is 0 Å². The van der Waals surface area contributed by atoms with E-state index in [-0.39, 0.29) is 24.1 Å². The van der Waals surface area contributed by atoms with Crippen LogP contribution in [0, 0.1) is 0 Å². The lowest BCUT2D eigenvalue weighted by atomic mass is 10.2. The van der Waals surface area contributed by atoms with Gasteiger partial charge in [-0.15, -0.1) is 12.4 Å². The summed E-state index contributed by atoms with van der Waals surface area (Å²) in [5, 5.41) is 6.51. The molecule has 0 spiro atoms. The Labute approximate surface area is 135 Å². The maximum absolute atomic E-state index is 11.9. The van der Waals surface area contributed by atoms with Gasteiger partial charge in [-0.2, -0.15) is 0 Å². The molecule has 114 valence electrons. The van der Waals surface area contributed by atoms with Crippen LogP contribution in [0.3, 0.4) is 0 Å². The summed E-state index contributed by atoms with van der Waals surface area (Å²) in [6.07, 6.45) is 0. The Morgan fingerprint density at radius 1 is 1.19 bits per heavy atom. The second-order valence-corrected chi connectivity index (χ2v) is 4.66. The molecule has 1 aromatic heterocycles. The number of halogens is 2. The van der Waals surface area contributed by atoms with Gasteiger partial charge in [-0.05, 0) is 30.8 Å². The number of rotatable bonds is 6. The Bertz CT molecular complexity index is 585. The van der Waals surface area contributed by atoms with E-state index in [2.05, 4.69) is 10.6 Å². The molecule has 0 saturated carbocycles. The van der Waals surface area contributed by atoms with Crippen molar-refractivity contribution >= 4 is 29.9 Å². The number of amides is 1. The monoisotopic (exact) mass is 328 g/mol. The minimum Gasteiger partial charge on any atom is -0.451 e. The van der Waals surface area contributed by atoms with Crippen molar-refractivity contribution in [2.24, 2.45) is 0 Å². The first-order chi connectivity index (χ1) is 9.72. The van der Waals surface area contributed by atoms with E-state index in [9.17, 15) is 4.79 Å². The van der Waals surface area contributed by atoms with Gasteiger partial charge in [0.15, 0.2) is 5.76 Å². The molecule has 0 atom stereocenters.